The van der Waals surface area contributed by atoms with E-state index < -0.39 is 12.1 Å². The van der Waals surface area contributed by atoms with E-state index in [4.69, 9.17) is 0 Å². The number of aliphatic hydroxyl groups excluding tert-OH is 1. The van der Waals surface area contributed by atoms with Crippen molar-refractivity contribution >= 4 is 17.7 Å². The number of rotatable bonds is 3. The topological polar surface area (TPSA) is 46.5 Å². The number of aliphatic hydroxyl groups is 1. The molecule has 14 heavy (non-hydrogen) atoms. The highest BCUT2D eigenvalue weighted by atomic mass is 32.2. The minimum Gasteiger partial charge on any atom is -0.467 e. The summed E-state index contributed by atoms with van der Waals surface area (Å²) in [5.41, 5.74) is 0. The van der Waals surface area contributed by atoms with Crippen molar-refractivity contribution in [3.05, 3.63) is 0 Å². The van der Waals surface area contributed by atoms with Crippen LogP contribution in [-0.2, 0) is 9.53 Å². The number of methoxy groups -OCH3 is 1. The molecule has 0 radical (unpaired) electrons. The van der Waals surface area contributed by atoms with Crippen LogP contribution in [0.25, 0.3) is 0 Å². The molecule has 1 N–H and O–H groups in total. The zero-order chi connectivity index (χ0) is 10.8. The third-order valence-electron chi connectivity index (χ3n) is 2.90. The van der Waals surface area contributed by atoms with E-state index in [0.29, 0.717) is 12.3 Å². The maximum absolute atomic E-state index is 11.0. The van der Waals surface area contributed by atoms with Crippen LogP contribution in [0.3, 0.4) is 0 Å². The monoisotopic (exact) mass is 218 g/mol. The van der Waals surface area contributed by atoms with Crippen molar-refractivity contribution in [3.63, 3.8) is 0 Å². The Kier molecular flexibility index (Phi) is 3.84. The van der Waals surface area contributed by atoms with Gasteiger partial charge in [0.2, 0.25) is 0 Å². The van der Waals surface area contributed by atoms with E-state index in [0.717, 1.165) is 12.2 Å². The molecular formula is C10H18O3S. The van der Waals surface area contributed by atoms with Crippen LogP contribution in [-0.4, -0.2) is 34.8 Å². The third-order valence-corrected chi connectivity index (χ3v) is 4.42. The summed E-state index contributed by atoms with van der Waals surface area (Å²) in [6, 6.07) is 0. The second kappa shape index (κ2) is 4.53. The van der Waals surface area contributed by atoms with Crippen LogP contribution >= 0.6 is 11.8 Å². The Hall–Kier alpha value is -0.220. The van der Waals surface area contributed by atoms with E-state index in [9.17, 15) is 9.90 Å². The standard InChI is InChI=1S/C10H18O3S/c1-10(2)7(4-5-14-10)6-8(11)9(12)13-3/h7-8,11H,4-6H2,1-3H3. The molecule has 2 atom stereocenters. The normalized spacial score (nSPS) is 27.3. The first-order chi connectivity index (χ1) is 6.47. The fraction of sp³-hybridized carbons (Fsp3) is 0.900. The van der Waals surface area contributed by atoms with Crippen molar-refractivity contribution in [1.29, 1.82) is 0 Å². The van der Waals surface area contributed by atoms with Gasteiger partial charge in [-0.1, -0.05) is 13.8 Å². The Balaban J connectivity index is 2.48. The van der Waals surface area contributed by atoms with Crippen LogP contribution in [0.4, 0.5) is 0 Å². The van der Waals surface area contributed by atoms with Crippen molar-refractivity contribution in [2.24, 2.45) is 5.92 Å². The molecule has 2 unspecified atom stereocenters. The minimum absolute atomic E-state index is 0.176. The number of hydrogen-bond donors (Lipinski definition) is 1. The van der Waals surface area contributed by atoms with Gasteiger partial charge in [-0.05, 0) is 24.5 Å². The van der Waals surface area contributed by atoms with Gasteiger partial charge < -0.3 is 9.84 Å². The van der Waals surface area contributed by atoms with Crippen molar-refractivity contribution in [2.75, 3.05) is 12.9 Å². The lowest BCUT2D eigenvalue weighted by Crippen LogP contribution is -2.31. The molecular weight excluding hydrogens is 200 g/mol. The predicted molar refractivity (Wildman–Crippen MR) is 57.3 cm³/mol. The van der Waals surface area contributed by atoms with Crippen LogP contribution in [0.15, 0.2) is 0 Å². The molecule has 0 saturated carbocycles. The molecule has 0 aromatic carbocycles. The molecule has 0 spiro atoms. The van der Waals surface area contributed by atoms with Gasteiger partial charge >= 0.3 is 5.97 Å². The van der Waals surface area contributed by atoms with Gasteiger partial charge in [0.25, 0.3) is 0 Å². The van der Waals surface area contributed by atoms with E-state index >= 15 is 0 Å². The van der Waals surface area contributed by atoms with E-state index in [2.05, 4.69) is 18.6 Å². The first-order valence-corrected chi connectivity index (χ1v) is 5.86. The minimum atomic E-state index is -0.956. The van der Waals surface area contributed by atoms with Gasteiger partial charge in [-0.15, -0.1) is 0 Å². The van der Waals surface area contributed by atoms with Gasteiger partial charge in [-0.2, -0.15) is 11.8 Å². The van der Waals surface area contributed by atoms with Gasteiger partial charge in [0.15, 0.2) is 6.10 Å². The largest absolute Gasteiger partial charge is 0.467 e. The summed E-state index contributed by atoms with van der Waals surface area (Å²) in [7, 11) is 1.31. The van der Waals surface area contributed by atoms with Gasteiger partial charge in [0.05, 0.1) is 7.11 Å². The lowest BCUT2D eigenvalue weighted by molar-refractivity contribution is -0.151. The molecule has 1 rings (SSSR count). The summed E-state index contributed by atoms with van der Waals surface area (Å²) in [4.78, 5) is 11.0. The van der Waals surface area contributed by atoms with E-state index in [1.54, 1.807) is 0 Å². The number of esters is 1. The Morgan fingerprint density at radius 2 is 2.36 bits per heavy atom. The summed E-state index contributed by atoms with van der Waals surface area (Å²) in [6.45, 7) is 4.33. The fourth-order valence-electron chi connectivity index (χ4n) is 1.83. The van der Waals surface area contributed by atoms with Crippen molar-refractivity contribution in [2.45, 2.75) is 37.5 Å². The summed E-state index contributed by atoms with van der Waals surface area (Å²) in [5.74, 6) is 1.00. The molecule has 1 heterocycles. The summed E-state index contributed by atoms with van der Waals surface area (Å²) < 4.78 is 4.67. The van der Waals surface area contributed by atoms with Crippen molar-refractivity contribution < 1.29 is 14.6 Å². The van der Waals surface area contributed by atoms with E-state index in [1.165, 1.54) is 7.11 Å². The molecule has 82 valence electrons. The highest BCUT2D eigenvalue weighted by molar-refractivity contribution is 8.00. The number of ether oxygens (including phenoxy) is 1. The van der Waals surface area contributed by atoms with Gasteiger partial charge in [-0.25, -0.2) is 4.79 Å². The Labute approximate surface area is 89.2 Å². The zero-order valence-corrected chi connectivity index (χ0v) is 9.76. The number of hydrogen-bond acceptors (Lipinski definition) is 4. The lowest BCUT2D eigenvalue weighted by Gasteiger charge is -2.26. The molecule has 4 heteroatoms. The Morgan fingerprint density at radius 3 is 2.79 bits per heavy atom. The fourth-order valence-corrected chi connectivity index (χ4v) is 3.21. The van der Waals surface area contributed by atoms with Crippen LogP contribution in [0, 0.1) is 5.92 Å². The van der Waals surface area contributed by atoms with Crippen LogP contribution < -0.4 is 0 Å². The average Bonchev–Trinajstić information content (AvgIpc) is 2.44. The molecule has 1 saturated heterocycles. The summed E-state index contributed by atoms with van der Waals surface area (Å²) in [5, 5.41) is 9.53. The second-order valence-corrected chi connectivity index (χ2v) is 5.96. The zero-order valence-electron chi connectivity index (χ0n) is 8.95. The molecule has 0 amide bonds. The van der Waals surface area contributed by atoms with E-state index in [-0.39, 0.29) is 4.75 Å². The summed E-state index contributed by atoms with van der Waals surface area (Å²) in [6.07, 6.45) is 0.640. The predicted octanol–water partition coefficient (Wildman–Crippen LogP) is 1.44. The third kappa shape index (κ3) is 2.64. The van der Waals surface area contributed by atoms with Crippen LogP contribution in [0.1, 0.15) is 26.7 Å². The molecule has 0 bridgehead atoms. The highest BCUT2D eigenvalue weighted by Gasteiger charge is 2.37. The number of carbonyl (C=O) groups excluding carboxylic acids is 1. The highest BCUT2D eigenvalue weighted by Crippen LogP contribution is 2.44. The Bertz CT molecular complexity index is 215. The van der Waals surface area contributed by atoms with Gasteiger partial charge in [0, 0.05) is 4.75 Å². The molecule has 0 aromatic rings. The van der Waals surface area contributed by atoms with Gasteiger partial charge in [0.1, 0.15) is 0 Å². The SMILES string of the molecule is COC(=O)C(O)CC1CCSC1(C)C. The number of carbonyl (C=O) groups is 1. The lowest BCUT2D eigenvalue weighted by atomic mass is 9.87. The van der Waals surface area contributed by atoms with Crippen LogP contribution in [0.5, 0.6) is 0 Å². The maximum atomic E-state index is 11.0. The molecule has 1 aliphatic rings. The summed E-state index contributed by atoms with van der Waals surface area (Å²) >= 11 is 1.91. The van der Waals surface area contributed by atoms with E-state index in [1.807, 2.05) is 11.8 Å². The molecule has 1 fully saturated rings. The van der Waals surface area contributed by atoms with Crippen molar-refractivity contribution in [1.82, 2.24) is 0 Å². The van der Waals surface area contributed by atoms with Crippen molar-refractivity contribution in [3.8, 4) is 0 Å². The first-order valence-electron chi connectivity index (χ1n) is 4.87. The Morgan fingerprint density at radius 1 is 1.71 bits per heavy atom. The van der Waals surface area contributed by atoms with Gasteiger partial charge in [-0.3, -0.25) is 0 Å². The molecule has 1 aliphatic heterocycles. The average molecular weight is 218 g/mol. The molecule has 3 nitrogen and oxygen atoms in total. The van der Waals surface area contributed by atoms with Crippen LogP contribution in [0.2, 0.25) is 0 Å². The second-order valence-electron chi connectivity index (χ2n) is 4.21. The maximum Gasteiger partial charge on any atom is 0.334 e. The first kappa shape index (κ1) is 11.9. The molecule has 0 aromatic heterocycles. The molecule has 0 aliphatic carbocycles. The smallest absolute Gasteiger partial charge is 0.334 e. The quantitative estimate of drug-likeness (QED) is 0.728. The number of thioether (sulfide) groups is 1.